The first-order chi connectivity index (χ1) is 9.56. The number of nitrogens with one attached hydrogen (secondary N) is 1. The molecule has 0 fully saturated rings. The zero-order valence-electron chi connectivity index (χ0n) is 11.1. The lowest BCUT2D eigenvalue weighted by Gasteiger charge is -2.14. The summed E-state index contributed by atoms with van der Waals surface area (Å²) in [5.74, 6) is -0.583. The van der Waals surface area contributed by atoms with E-state index in [9.17, 15) is 9.18 Å². The number of carbonyl (C=O) groups is 1. The van der Waals surface area contributed by atoms with E-state index in [1.54, 1.807) is 30.3 Å². The van der Waals surface area contributed by atoms with Crippen LogP contribution < -0.4 is 5.32 Å². The first-order valence-corrected chi connectivity index (χ1v) is 6.72. The molecule has 0 radical (unpaired) electrons. The van der Waals surface area contributed by atoms with Crippen molar-refractivity contribution >= 4 is 17.5 Å². The van der Waals surface area contributed by atoms with E-state index in [4.69, 9.17) is 11.6 Å². The Morgan fingerprint density at radius 3 is 2.70 bits per heavy atom. The summed E-state index contributed by atoms with van der Waals surface area (Å²) in [5.41, 5.74) is 1.31. The highest BCUT2D eigenvalue weighted by molar-refractivity contribution is 6.30. The maximum absolute atomic E-state index is 13.5. The van der Waals surface area contributed by atoms with Crippen LogP contribution in [0, 0.1) is 5.82 Å². The van der Waals surface area contributed by atoms with E-state index in [1.807, 2.05) is 19.1 Å². The summed E-state index contributed by atoms with van der Waals surface area (Å²) in [6, 6.07) is 13.4. The third-order valence-corrected chi connectivity index (χ3v) is 3.27. The molecule has 1 atom stereocenters. The van der Waals surface area contributed by atoms with Crippen molar-refractivity contribution in [3.8, 4) is 0 Å². The van der Waals surface area contributed by atoms with Crippen molar-refractivity contribution < 1.29 is 9.18 Å². The van der Waals surface area contributed by atoms with Crippen molar-refractivity contribution in [1.29, 1.82) is 0 Å². The normalized spacial score (nSPS) is 11.9. The zero-order valence-corrected chi connectivity index (χ0v) is 11.8. The van der Waals surface area contributed by atoms with Gasteiger partial charge in [-0.1, -0.05) is 41.9 Å². The summed E-state index contributed by atoms with van der Waals surface area (Å²) in [4.78, 5) is 11.9. The van der Waals surface area contributed by atoms with Gasteiger partial charge in [-0.25, -0.2) is 4.39 Å². The zero-order chi connectivity index (χ0) is 14.5. The molecule has 0 unspecified atom stereocenters. The molecule has 0 aliphatic rings. The molecule has 0 bridgehead atoms. The second-order valence-electron chi connectivity index (χ2n) is 4.61. The first kappa shape index (κ1) is 14.5. The van der Waals surface area contributed by atoms with Crippen molar-refractivity contribution in [2.45, 2.75) is 19.4 Å². The molecule has 104 valence electrons. The molecule has 2 rings (SSSR count). The third kappa shape index (κ3) is 3.81. The molecule has 0 aliphatic carbocycles. The van der Waals surface area contributed by atoms with Crippen molar-refractivity contribution in [3.05, 3.63) is 70.5 Å². The average molecular weight is 292 g/mol. The maximum Gasteiger partial charge on any atom is 0.225 e. The summed E-state index contributed by atoms with van der Waals surface area (Å²) in [5, 5.41) is 3.46. The van der Waals surface area contributed by atoms with Gasteiger partial charge in [-0.15, -0.1) is 0 Å². The van der Waals surface area contributed by atoms with Crippen LogP contribution in [0.3, 0.4) is 0 Å². The number of rotatable bonds is 4. The molecule has 2 aromatic carbocycles. The molecule has 1 amide bonds. The Morgan fingerprint density at radius 2 is 2.00 bits per heavy atom. The van der Waals surface area contributed by atoms with E-state index in [-0.39, 0.29) is 24.2 Å². The van der Waals surface area contributed by atoms with Crippen molar-refractivity contribution in [2.75, 3.05) is 0 Å². The van der Waals surface area contributed by atoms with Gasteiger partial charge < -0.3 is 5.32 Å². The quantitative estimate of drug-likeness (QED) is 0.909. The predicted octanol–water partition coefficient (Wildman–Crippen LogP) is 3.90. The minimum Gasteiger partial charge on any atom is -0.349 e. The van der Waals surface area contributed by atoms with Crippen LogP contribution in [0.2, 0.25) is 5.02 Å². The summed E-state index contributed by atoms with van der Waals surface area (Å²) in [6.45, 7) is 1.87. The lowest BCUT2D eigenvalue weighted by molar-refractivity contribution is -0.121. The summed E-state index contributed by atoms with van der Waals surface area (Å²) < 4.78 is 13.5. The van der Waals surface area contributed by atoms with E-state index in [1.165, 1.54) is 6.07 Å². The van der Waals surface area contributed by atoms with E-state index in [0.29, 0.717) is 10.6 Å². The number of hydrogen-bond donors (Lipinski definition) is 1. The standard InChI is InChI=1S/C16H15ClFNO/c1-11(12-6-4-7-14(17)9-12)19-16(20)10-13-5-2-3-8-15(13)18/h2-9,11H,10H2,1H3,(H,19,20)/t11-/m0/s1. The van der Waals surface area contributed by atoms with Gasteiger partial charge in [-0.3, -0.25) is 4.79 Å². The fraction of sp³-hybridized carbons (Fsp3) is 0.188. The van der Waals surface area contributed by atoms with Gasteiger partial charge in [0.25, 0.3) is 0 Å². The van der Waals surface area contributed by atoms with Crippen LogP contribution in [0.15, 0.2) is 48.5 Å². The molecule has 0 aromatic heterocycles. The predicted molar refractivity (Wildman–Crippen MR) is 78.1 cm³/mol. The second-order valence-corrected chi connectivity index (χ2v) is 5.05. The molecule has 1 N–H and O–H groups in total. The molecule has 2 aromatic rings. The van der Waals surface area contributed by atoms with E-state index in [0.717, 1.165) is 5.56 Å². The Bertz CT molecular complexity index is 615. The van der Waals surface area contributed by atoms with Crippen LogP contribution in [-0.2, 0) is 11.2 Å². The van der Waals surface area contributed by atoms with E-state index >= 15 is 0 Å². The molecular weight excluding hydrogens is 277 g/mol. The molecule has 4 heteroatoms. The maximum atomic E-state index is 13.5. The van der Waals surface area contributed by atoms with Crippen LogP contribution in [-0.4, -0.2) is 5.91 Å². The van der Waals surface area contributed by atoms with Gasteiger partial charge in [0.15, 0.2) is 0 Å². The van der Waals surface area contributed by atoms with Crippen LogP contribution >= 0.6 is 11.6 Å². The Morgan fingerprint density at radius 1 is 1.25 bits per heavy atom. The Hall–Kier alpha value is -1.87. The molecule has 0 spiro atoms. The van der Waals surface area contributed by atoms with Crippen molar-refractivity contribution in [2.24, 2.45) is 0 Å². The van der Waals surface area contributed by atoms with Gasteiger partial charge in [0, 0.05) is 5.02 Å². The summed E-state index contributed by atoms with van der Waals surface area (Å²) in [7, 11) is 0. The topological polar surface area (TPSA) is 29.1 Å². The van der Waals surface area contributed by atoms with Gasteiger partial charge in [0.2, 0.25) is 5.91 Å². The van der Waals surface area contributed by atoms with Gasteiger partial charge in [0.05, 0.1) is 12.5 Å². The molecule has 0 saturated heterocycles. The van der Waals surface area contributed by atoms with Gasteiger partial charge in [-0.2, -0.15) is 0 Å². The molecule has 0 saturated carbocycles. The number of amides is 1. The number of hydrogen-bond acceptors (Lipinski definition) is 1. The smallest absolute Gasteiger partial charge is 0.225 e. The number of carbonyl (C=O) groups excluding carboxylic acids is 1. The monoisotopic (exact) mass is 291 g/mol. The van der Waals surface area contributed by atoms with E-state index in [2.05, 4.69) is 5.32 Å². The highest BCUT2D eigenvalue weighted by Crippen LogP contribution is 2.17. The fourth-order valence-corrected chi connectivity index (χ4v) is 2.17. The lowest BCUT2D eigenvalue weighted by Crippen LogP contribution is -2.28. The van der Waals surface area contributed by atoms with Crippen molar-refractivity contribution in [3.63, 3.8) is 0 Å². The van der Waals surface area contributed by atoms with Crippen LogP contribution in [0.5, 0.6) is 0 Å². The average Bonchev–Trinajstić information content (AvgIpc) is 2.41. The van der Waals surface area contributed by atoms with Gasteiger partial charge in [0.1, 0.15) is 5.82 Å². The molecule has 20 heavy (non-hydrogen) atoms. The highest BCUT2D eigenvalue weighted by Gasteiger charge is 2.12. The minimum atomic E-state index is -0.363. The number of benzene rings is 2. The second kappa shape index (κ2) is 6.53. The molecule has 0 heterocycles. The van der Waals surface area contributed by atoms with Gasteiger partial charge in [-0.05, 0) is 36.2 Å². The van der Waals surface area contributed by atoms with Crippen molar-refractivity contribution in [1.82, 2.24) is 5.32 Å². The Labute approximate surface area is 122 Å². The third-order valence-electron chi connectivity index (χ3n) is 3.04. The highest BCUT2D eigenvalue weighted by atomic mass is 35.5. The Balaban J connectivity index is 2.00. The Kier molecular flexibility index (Phi) is 4.74. The lowest BCUT2D eigenvalue weighted by atomic mass is 10.1. The SMILES string of the molecule is C[C@H](NC(=O)Cc1ccccc1F)c1cccc(Cl)c1. The fourth-order valence-electron chi connectivity index (χ4n) is 1.97. The molecular formula is C16H15ClFNO. The van der Waals surface area contributed by atoms with Gasteiger partial charge >= 0.3 is 0 Å². The largest absolute Gasteiger partial charge is 0.349 e. The molecule has 0 aliphatic heterocycles. The van der Waals surface area contributed by atoms with Crippen LogP contribution in [0.1, 0.15) is 24.1 Å². The summed E-state index contributed by atoms with van der Waals surface area (Å²) >= 11 is 5.91. The number of halogens is 2. The van der Waals surface area contributed by atoms with Crippen LogP contribution in [0.25, 0.3) is 0 Å². The first-order valence-electron chi connectivity index (χ1n) is 6.34. The molecule has 2 nitrogen and oxygen atoms in total. The summed E-state index contributed by atoms with van der Waals surface area (Å²) in [6.07, 6.45) is 0.0254. The minimum absolute atomic E-state index is 0.0254. The van der Waals surface area contributed by atoms with E-state index < -0.39 is 0 Å². The van der Waals surface area contributed by atoms with Crippen LogP contribution in [0.4, 0.5) is 4.39 Å².